The molecule has 2 unspecified atom stereocenters. The number of nitrogens with zero attached hydrogens (tertiary/aromatic N) is 3. The lowest BCUT2D eigenvalue weighted by Crippen LogP contribution is -2.37. The number of aliphatic hydroxyl groups is 1. The molecular weight excluding hydrogens is 242 g/mol. The van der Waals surface area contributed by atoms with Crippen LogP contribution in [0.2, 0.25) is 0 Å². The Kier molecular flexibility index (Phi) is 3.31. The van der Waals surface area contributed by atoms with Gasteiger partial charge in [0.2, 0.25) is 11.8 Å². The molecule has 1 saturated heterocycles. The molecule has 0 amide bonds. The van der Waals surface area contributed by atoms with Crippen LogP contribution in [0.4, 0.5) is 5.95 Å². The Bertz CT molecular complexity index is 454. The van der Waals surface area contributed by atoms with E-state index in [2.05, 4.69) is 14.9 Å². The number of anilines is 1. The Labute approximate surface area is 113 Å². The minimum atomic E-state index is 0.0602. The average Bonchev–Trinajstić information content (AvgIpc) is 2.87. The molecule has 104 valence electrons. The molecule has 0 spiro atoms. The number of aliphatic hydroxyl groups excluding tert-OH is 1. The zero-order chi connectivity index (χ0) is 13.3. The molecule has 2 atom stereocenters. The van der Waals surface area contributed by atoms with Crippen molar-refractivity contribution in [1.29, 1.82) is 0 Å². The standard InChI is InChI=1S/C14H21N3O2/c1-19-12-5-7-15-13(16-12)17-8-11-4-2-3-6-14(11,9-17)10-18/h5,7,11,18H,2-4,6,8-10H2,1H3. The van der Waals surface area contributed by atoms with E-state index in [0.29, 0.717) is 11.8 Å². The van der Waals surface area contributed by atoms with Crippen molar-refractivity contribution in [2.75, 3.05) is 31.7 Å². The van der Waals surface area contributed by atoms with Crippen LogP contribution in [0, 0.1) is 11.3 Å². The second-order valence-electron chi connectivity index (χ2n) is 5.74. The molecule has 2 aliphatic rings. The topological polar surface area (TPSA) is 58.5 Å². The van der Waals surface area contributed by atoms with Gasteiger partial charge in [-0.25, -0.2) is 4.98 Å². The third-order valence-corrected chi connectivity index (χ3v) is 4.71. The van der Waals surface area contributed by atoms with Crippen LogP contribution in [-0.2, 0) is 0 Å². The number of rotatable bonds is 3. The number of hydrogen-bond acceptors (Lipinski definition) is 5. The first kappa shape index (κ1) is 12.7. The highest BCUT2D eigenvalue weighted by Gasteiger charge is 2.47. The Morgan fingerprint density at radius 3 is 3.16 bits per heavy atom. The summed E-state index contributed by atoms with van der Waals surface area (Å²) in [6, 6.07) is 1.76. The molecule has 2 fully saturated rings. The van der Waals surface area contributed by atoms with E-state index >= 15 is 0 Å². The fourth-order valence-corrected chi connectivity index (χ4v) is 3.59. The van der Waals surface area contributed by atoms with E-state index in [4.69, 9.17) is 4.74 Å². The predicted molar refractivity (Wildman–Crippen MR) is 72.3 cm³/mol. The lowest BCUT2D eigenvalue weighted by atomic mass is 9.69. The summed E-state index contributed by atoms with van der Waals surface area (Å²) in [7, 11) is 1.62. The summed E-state index contributed by atoms with van der Waals surface area (Å²) in [6.45, 7) is 2.09. The molecule has 1 aromatic rings. The summed E-state index contributed by atoms with van der Waals surface area (Å²) in [5.74, 6) is 1.89. The van der Waals surface area contributed by atoms with Crippen molar-refractivity contribution in [1.82, 2.24) is 9.97 Å². The number of aromatic nitrogens is 2. The van der Waals surface area contributed by atoms with Crippen LogP contribution in [0.1, 0.15) is 25.7 Å². The van der Waals surface area contributed by atoms with E-state index in [-0.39, 0.29) is 12.0 Å². The lowest BCUT2D eigenvalue weighted by molar-refractivity contribution is 0.0626. The molecule has 1 saturated carbocycles. The predicted octanol–water partition coefficient (Wildman–Crippen LogP) is 1.47. The van der Waals surface area contributed by atoms with Crippen LogP contribution in [0.5, 0.6) is 5.88 Å². The molecule has 0 bridgehead atoms. The van der Waals surface area contributed by atoms with E-state index in [0.717, 1.165) is 25.5 Å². The summed E-state index contributed by atoms with van der Waals surface area (Å²) in [5.41, 5.74) is 0.0602. The van der Waals surface area contributed by atoms with Gasteiger partial charge >= 0.3 is 0 Å². The Morgan fingerprint density at radius 2 is 2.42 bits per heavy atom. The van der Waals surface area contributed by atoms with Gasteiger partial charge in [0.1, 0.15) is 0 Å². The lowest BCUT2D eigenvalue weighted by Gasteiger charge is -2.36. The molecule has 1 N–H and O–H groups in total. The van der Waals surface area contributed by atoms with E-state index in [9.17, 15) is 5.11 Å². The zero-order valence-corrected chi connectivity index (χ0v) is 11.4. The second-order valence-corrected chi connectivity index (χ2v) is 5.74. The van der Waals surface area contributed by atoms with Gasteiger partial charge in [0.15, 0.2) is 0 Å². The first-order chi connectivity index (χ1) is 9.27. The second kappa shape index (κ2) is 4.96. The highest BCUT2D eigenvalue weighted by molar-refractivity contribution is 5.35. The minimum absolute atomic E-state index is 0.0602. The normalized spacial score (nSPS) is 30.2. The Hall–Kier alpha value is -1.36. The molecule has 1 aliphatic carbocycles. The van der Waals surface area contributed by atoms with Crippen LogP contribution in [-0.4, -0.2) is 41.9 Å². The SMILES string of the molecule is COc1ccnc(N2CC3CCCCC3(CO)C2)n1. The van der Waals surface area contributed by atoms with Gasteiger partial charge in [0.25, 0.3) is 0 Å². The van der Waals surface area contributed by atoms with Gasteiger partial charge in [-0.15, -0.1) is 0 Å². The highest BCUT2D eigenvalue weighted by atomic mass is 16.5. The van der Waals surface area contributed by atoms with E-state index in [1.807, 2.05) is 0 Å². The van der Waals surface area contributed by atoms with Crippen LogP contribution in [0.25, 0.3) is 0 Å². The van der Waals surface area contributed by atoms with Gasteiger partial charge in [-0.1, -0.05) is 12.8 Å². The maximum atomic E-state index is 9.83. The summed E-state index contributed by atoms with van der Waals surface area (Å²) < 4.78 is 5.16. The first-order valence-corrected chi connectivity index (χ1v) is 7.00. The summed E-state index contributed by atoms with van der Waals surface area (Å²) in [5, 5.41) is 9.83. The molecule has 5 heteroatoms. The zero-order valence-electron chi connectivity index (χ0n) is 11.4. The highest BCUT2D eigenvalue weighted by Crippen LogP contribution is 2.46. The maximum Gasteiger partial charge on any atom is 0.228 e. The minimum Gasteiger partial charge on any atom is -0.481 e. The van der Waals surface area contributed by atoms with Crippen molar-refractivity contribution < 1.29 is 9.84 Å². The van der Waals surface area contributed by atoms with Crippen molar-refractivity contribution in [3.05, 3.63) is 12.3 Å². The van der Waals surface area contributed by atoms with Crippen molar-refractivity contribution in [2.24, 2.45) is 11.3 Å². The van der Waals surface area contributed by atoms with Crippen LogP contribution >= 0.6 is 0 Å². The molecule has 1 aromatic heterocycles. The third-order valence-electron chi connectivity index (χ3n) is 4.71. The van der Waals surface area contributed by atoms with Crippen LogP contribution in [0.15, 0.2) is 12.3 Å². The number of hydrogen-bond donors (Lipinski definition) is 1. The fourth-order valence-electron chi connectivity index (χ4n) is 3.59. The first-order valence-electron chi connectivity index (χ1n) is 7.00. The summed E-state index contributed by atoms with van der Waals surface area (Å²) >= 11 is 0. The van der Waals surface area contributed by atoms with Gasteiger partial charge in [0.05, 0.1) is 13.7 Å². The molecular formula is C14H21N3O2. The molecule has 5 nitrogen and oxygen atoms in total. The number of ether oxygens (including phenoxy) is 1. The smallest absolute Gasteiger partial charge is 0.228 e. The van der Waals surface area contributed by atoms with E-state index < -0.39 is 0 Å². The maximum absolute atomic E-state index is 9.83. The molecule has 19 heavy (non-hydrogen) atoms. The van der Waals surface area contributed by atoms with Gasteiger partial charge in [-0.2, -0.15) is 4.98 Å². The summed E-state index contributed by atoms with van der Waals surface area (Å²) in [4.78, 5) is 11.0. The number of methoxy groups -OCH3 is 1. The van der Waals surface area contributed by atoms with Gasteiger partial charge < -0.3 is 14.7 Å². The quantitative estimate of drug-likeness (QED) is 0.895. The third kappa shape index (κ3) is 2.16. The van der Waals surface area contributed by atoms with Gasteiger partial charge in [-0.3, -0.25) is 0 Å². The summed E-state index contributed by atoms with van der Waals surface area (Å²) in [6.07, 6.45) is 6.56. The molecule has 2 heterocycles. The van der Waals surface area contributed by atoms with Gasteiger partial charge in [0, 0.05) is 30.8 Å². The van der Waals surface area contributed by atoms with E-state index in [1.165, 1.54) is 19.3 Å². The monoisotopic (exact) mass is 263 g/mol. The van der Waals surface area contributed by atoms with E-state index in [1.54, 1.807) is 19.4 Å². The van der Waals surface area contributed by atoms with Crippen LogP contribution in [0.3, 0.4) is 0 Å². The van der Waals surface area contributed by atoms with Crippen molar-refractivity contribution in [2.45, 2.75) is 25.7 Å². The Balaban J connectivity index is 1.83. The average molecular weight is 263 g/mol. The largest absolute Gasteiger partial charge is 0.481 e. The number of fused-ring (bicyclic) bond motifs is 1. The molecule has 0 aromatic carbocycles. The Morgan fingerprint density at radius 1 is 1.53 bits per heavy atom. The van der Waals surface area contributed by atoms with Crippen LogP contribution < -0.4 is 9.64 Å². The molecule has 3 rings (SSSR count). The molecule has 0 radical (unpaired) electrons. The van der Waals surface area contributed by atoms with Crippen molar-refractivity contribution >= 4 is 5.95 Å². The van der Waals surface area contributed by atoms with Gasteiger partial charge in [-0.05, 0) is 18.8 Å². The fraction of sp³-hybridized carbons (Fsp3) is 0.714. The van der Waals surface area contributed by atoms with Crippen molar-refractivity contribution in [3.8, 4) is 5.88 Å². The molecule has 1 aliphatic heterocycles. The van der Waals surface area contributed by atoms with Crippen molar-refractivity contribution in [3.63, 3.8) is 0 Å².